The lowest BCUT2D eigenvalue weighted by atomic mass is 10.1. The number of aromatic nitrogens is 4. The fourth-order valence-electron chi connectivity index (χ4n) is 1.56. The third kappa shape index (κ3) is 1.32. The molecule has 0 bridgehead atoms. The van der Waals surface area contributed by atoms with E-state index in [0.717, 1.165) is 21.2 Å². The summed E-state index contributed by atoms with van der Waals surface area (Å²) < 4.78 is 7.12. The van der Waals surface area contributed by atoms with Crippen molar-refractivity contribution in [1.82, 2.24) is 19.1 Å². The average Bonchev–Trinajstić information content (AvgIpc) is 2.84. The Morgan fingerprint density at radius 2 is 2.13 bits per heavy atom. The lowest BCUT2D eigenvalue weighted by Gasteiger charge is -1.96. The molecule has 3 aromatic rings. The van der Waals surface area contributed by atoms with Gasteiger partial charge in [0.2, 0.25) is 0 Å². The van der Waals surface area contributed by atoms with E-state index in [1.807, 2.05) is 38.0 Å². The van der Waals surface area contributed by atoms with Gasteiger partial charge < -0.3 is 0 Å². The van der Waals surface area contributed by atoms with E-state index < -0.39 is 0 Å². The van der Waals surface area contributed by atoms with Crippen molar-refractivity contribution in [3.8, 4) is 11.1 Å². The molecule has 4 nitrogen and oxygen atoms in total. The molecular formula is C10H8N4S. The Hall–Kier alpha value is -1.75. The fourth-order valence-corrected chi connectivity index (χ4v) is 2.31. The first-order valence-corrected chi connectivity index (χ1v) is 5.29. The predicted octanol–water partition coefficient (Wildman–Crippen LogP) is 2.09. The molecule has 0 aliphatic carbocycles. The van der Waals surface area contributed by atoms with Crippen molar-refractivity contribution in [2.75, 3.05) is 0 Å². The number of fused-ring (bicyclic) bond motifs is 1. The molecule has 3 heterocycles. The Labute approximate surface area is 90.4 Å². The van der Waals surface area contributed by atoms with Gasteiger partial charge in [0.15, 0.2) is 0 Å². The molecule has 0 spiro atoms. The number of rotatable bonds is 1. The second-order valence-corrected chi connectivity index (χ2v) is 4.14. The summed E-state index contributed by atoms with van der Waals surface area (Å²) >= 11 is 1.49. The second kappa shape index (κ2) is 3.13. The first-order valence-electron chi connectivity index (χ1n) is 4.52. The average molecular weight is 216 g/mol. The summed E-state index contributed by atoms with van der Waals surface area (Å²) in [4.78, 5) is 4.20. The Bertz CT molecular complexity index is 610. The van der Waals surface area contributed by atoms with E-state index in [4.69, 9.17) is 0 Å². The van der Waals surface area contributed by atoms with Crippen molar-refractivity contribution >= 4 is 21.6 Å². The molecule has 0 unspecified atom stereocenters. The highest BCUT2D eigenvalue weighted by molar-refractivity contribution is 7.13. The van der Waals surface area contributed by atoms with E-state index in [1.165, 1.54) is 11.5 Å². The van der Waals surface area contributed by atoms with Crippen LogP contribution in [0.2, 0.25) is 0 Å². The molecule has 0 aliphatic rings. The van der Waals surface area contributed by atoms with Crippen LogP contribution in [-0.2, 0) is 7.05 Å². The monoisotopic (exact) mass is 216 g/mol. The maximum atomic E-state index is 4.20. The van der Waals surface area contributed by atoms with Crippen molar-refractivity contribution in [3.63, 3.8) is 0 Å². The van der Waals surface area contributed by atoms with E-state index >= 15 is 0 Å². The number of pyridine rings is 1. The van der Waals surface area contributed by atoms with Gasteiger partial charge in [0, 0.05) is 42.2 Å². The fraction of sp³-hybridized carbons (Fsp3) is 0.100. The van der Waals surface area contributed by atoms with Gasteiger partial charge in [0.25, 0.3) is 0 Å². The maximum Gasteiger partial charge on any atom is 0.0660 e. The van der Waals surface area contributed by atoms with Gasteiger partial charge in [-0.1, -0.05) is 0 Å². The summed E-state index contributed by atoms with van der Waals surface area (Å²) in [6.45, 7) is 0. The summed E-state index contributed by atoms with van der Waals surface area (Å²) in [5.74, 6) is 0. The molecular weight excluding hydrogens is 208 g/mol. The Balaban J connectivity index is 2.30. The van der Waals surface area contributed by atoms with Gasteiger partial charge >= 0.3 is 0 Å². The highest BCUT2D eigenvalue weighted by Gasteiger charge is 2.07. The summed E-state index contributed by atoms with van der Waals surface area (Å²) in [5, 5.41) is 5.24. The van der Waals surface area contributed by atoms with Crippen LogP contribution in [0.15, 0.2) is 31.0 Å². The van der Waals surface area contributed by atoms with Gasteiger partial charge in [-0.2, -0.15) is 9.47 Å². The first-order chi connectivity index (χ1) is 7.34. The summed E-state index contributed by atoms with van der Waals surface area (Å²) in [7, 11) is 1.91. The molecule has 5 heteroatoms. The molecule has 0 N–H and O–H groups in total. The van der Waals surface area contributed by atoms with Crippen LogP contribution in [0.4, 0.5) is 0 Å². The maximum absolute atomic E-state index is 4.20. The van der Waals surface area contributed by atoms with Crippen molar-refractivity contribution in [1.29, 1.82) is 0 Å². The zero-order valence-corrected chi connectivity index (χ0v) is 8.90. The molecule has 0 fully saturated rings. The van der Waals surface area contributed by atoms with Crippen molar-refractivity contribution in [2.24, 2.45) is 7.05 Å². The molecule has 0 saturated heterocycles. The highest BCUT2D eigenvalue weighted by Crippen LogP contribution is 2.29. The smallest absolute Gasteiger partial charge is 0.0660 e. The summed E-state index contributed by atoms with van der Waals surface area (Å²) in [5.41, 5.74) is 2.18. The Kier molecular flexibility index (Phi) is 1.78. The van der Waals surface area contributed by atoms with Crippen LogP contribution in [0.25, 0.3) is 21.2 Å². The Morgan fingerprint density at radius 3 is 2.93 bits per heavy atom. The molecule has 0 atom stereocenters. The van der Waals surface area contributed by atoms with E-state index in [2.05, 4.69) is 14.5 Å². The van der Waals surface area contributed by atoms with Crippen LogP contribution in [-0.4, -0.2) is 19.1 Å². The van der Waals surface area contributed by atoms with Gasteiger partial charge in [-0.25, -0.2) is 0 Å². The van der Waals surface area contributed by atoms with Crippen molar-refractivity contribution < 1.29 is 0 Å². The molecule has 74 valence electrons. The van der Waals surface area contributed by atoms with Crippen molar-refractivity contribution in [3.05, 3.63) is 31.0 Å². The highest BCUT2D eigenvalue weighted by atomic mass is 32.1. The number of hydrogen-bond acceptors (Lipinski definition) is 4. The summed E-state index contributed by atoms with van der Waals surface area (Å²) in [6, 6.07) is 0. The number of hydrogen-bond donors (Lipinski definition) is 0. The zero-order valence-electron chi connectivity index (χ0n) is 8.08. The lowest BCUT2D eigenvalue weighted by molar-refractivity contribution is 0.768. The topological polar surface area (TPSA) is 43.6 Å². The van der Waals surface area contributed by atoms with Crippen molar-refractivity contribution in [2.45, 2.75) is 0 Å². The third-order valence-corrected chi connectivity index (χ3v) is 3.12. The van der Waals surface area contributed by atoms with Crippen LogP contribution in [0.5, 0.6) is 0 Å². The van der Waals surface area contributed by atoms with Gasteiger partial charge in [0.1, 0.15) is 0 Å². The van der Waals surface area contributed by atoms with Crippen LogP contribution in [0.1, 0.15) is 0 Å². The van der Waals surface area contributed by atoms with Gasteiger partial charge in [-0.05, 0) is 11.5 Å². The van der Waals surface area contributed by atoms with Crippen LogP contribution in [0.3, 0.4) is 0 Å². The molecule has 0 saturated carbocycles. The molecule has 0 amide bonds. The third-order valence-electron chi connectivity index (χ3n) is 2.28. The molecule has 3 aromatic heterocycles. The molecule has 15 heavy (non-hydrogen) atoms. The largest absolute Gasteiger partial charge is 0.275 e. The van der Waals surface area contributed by atoms with Crippen LogP contribution < -0.4 is 0 Å². The predicted molar refractivity (Wildman–Crippen MR) is 59.6 cm³/mol. The minimum atomic E-state index is 1.08. The normalized spacial score (nSPS) is 11.0. The minimum absolute atomic E-state index is 1.08. The van der Waals surface area contributed by atoms with E-state index in [1.54, 1.807) is 4.68 Å². The zero-order chi connectivity index (χ0) is 10.3. The van der Waals surface area contributed by atoms with E-state index in [9.17, 15) is 0 Å². The van der Waals surface area contributed by atoms with Gasteiger partial charge in [-0.15, -0.1) is 0 Å². The first kappa shape index (κ1) is 8.55. The number of aryl methyl sites for hydroxylation is 1. The van der Waals surface area contributed by atoms with E-state index in [0.29, 0.717) is 0 Å². The van der Waals surface area contributed by atoms with E-state index in [-0.39, 0.29) is 0 Å². The van der Waals surface area contributed by atoms with Gasteiger partial charge in [-0.3, -0.25) is 9.67 Å². The molecule has 3 rings (SSSR count). The SMILES string of the molecule is Cn1cc(-c2cncc3cnsc23)cn1. The van der Waals surface area contributed by atoms with Crippen LogP contribution >= 0.6 is 11.5 Å². The quantitative estimate of drug-likeness (QED) is 0.625. The minimum Gasteiger partial charge on any atom is -0.275 e. The van der Waals surface area contributed by atoms with Crippen LogP contribution in [0, 0.1) is 0 Å². The number of nitrogens with zero attached hydrogens (tertiary/aromatic N) is 4. The second-order valence-electron chi connectivity index (χ2n) is 3.33. The Morgan fingerprint density at radius 1 is 1.20 bits per heavy atom. The molecule has 0 aliphatic heterocycles. The lowest BCUT2D eigenvalue weighted by Crippen LogP contribution is -1.84. The molecule has 0 radical (unpaired) electrons. The standard InChI is InChI=1S/C10H8N4S/c1-14-6-8(3-12-14)9-5-11-2-7-4-13-15-10(7)9/h2-6H,1H3. The summed E-state index contributed by atoms with van der Waals surface area (Å²) in [6.07, 6.45) is 9.36. The molecule has 0 aromatic carbocycles. The van der Waals surface area contributed by atoms with Gasteiger partial charge in [0.05, 0.1) is 17.1 Å².